The second-order valence-electron chi connectivity index (χ2n) is 4.87. The van der Waals surface area contributed by atoms with E-state index in [4.69, 9.17) is 9.47 Å². The van der Waals surface area contributed by atoms with Crippen molar-refractivity contribution in [3.63, 3.8) is 0 Å². The fourth-order valence-electron chi connectivity index (χ4n) is 2.27. The van der Waals surface area contributed by atoms with Gasteiger partial charge in [0, 0.05) is 17.1 Å². The molecule has 5 heteroatoms. The van der Waals surface area contributed by atoms with E-state index >= 15 is 0 Å². The van der Waals surface area contributed by atoms with Gasteiger partial charge in [0.05, 0.1) is 12.8 Å². The van der Waals surface area contributed by atoms with E-state index in [1.807, 2.05) is 48.5 Å². The SMILES string of the molecule is COc1ccc2c(c1)/C(=C/c1ccc(Br)cc1)OC(=O)N2C. The standard InChI is InChI=1S/C17H14BrNO3/c1-19-15-8-7-13(21-2)10-14(15)16(22-17(19)20)9-11-3-5-12(18)6-4-11/h3-10H,1-2H3/b16-9-. The summed E-state index contributed by atoms with van der Waals surface area (Å²) in [4.78, 5) is 13.5. The number of hydrogen-bond acceptors (Lipinski definition) is 3. The topological polar surface area (TPSA) is 38.8 Å². The number of carbonyl (C=O) groups is 1. The number of rotatable bonds is 2. The van der Waals surface area contributed by atoms with Crippen LogP contribution in [0.25, 0.3) is 11.8 Å². The van der Waals surface area contributed by atoms with Gasteiger partial charge in [-0.25, -0.2) is 4.79 Å². The summed E-state index contributed by atoms with van der Waals surface area (Å²) < 4.78 is 11.7. The van der Waals surface area contributed by atoms with Crippen molar-refractivity contribution >= 4 is 39.5 Å². The molecule has 0 atom stereocenters. The predicted octanol–water partition coefficient (Wildman–Crippen LogP) is 4.54. The molecule has 0 saturated heterocycles. The van der Waals surface area contributed by atoms with Gasteiger partial charge in [-0.1, -0.05) is 28.1 Å². The Balaban J connectivity index is 2.11. The summed E-state index contributed by atoms with van der Waals surface area (Å²) in [7, 11) is 3.29. The van der Waals surface area contributed by atoms with Gasteiger partial charge in [0.2, 0.25) is 0 Å². The number of amides is 1. The third-order valence-electron chi connectivity index (χ3n) is 3.47. The highest BCUT2D eigenvalue weighted by Crippen LogP contribution is 2.36. The number of carbonyl (C=O) groups excluding carboxylic acids is 1. The van der Waals surface area contributed by atoms with Crippen LogP contribution in [0.5, 0.6) is 5.75 Å². The molecular weight excluding hydrogens is 346 g/mol. The van der Waals surface area contributed by atoms with Crippen molar-refractivity contribution in [2.45, 2.75) is 0 Å². The van der Waals surface area contributed by atoms with Crippen LogP contribution in [0.4, 0.5) is 10.5 Å². The highest BCUT2D eigenvalue weighted by molar-refractivity contribution is 9.10. The van der Waals surface area contributed by atoms with Gasteiger partial charge in [-0.3, -0.25) is 4.90 Å². The average molecular weight is 360 g/mol. The molecule has 0 aromatic heterocycles. The molecule has 1 amide bonds. The lowest BCUT2D eigenvalue weighted by atomic mass is 10.1. The molecule has 2 aromatic carbocycles. The lowest BCUT2D eigenvalue weighted by molar-refractivity contribution is 0.199. The van der Waals surface area contributed by atoms with E-state index in [2.05, 4.69) is 15.9 Å². The minimum atomic E-state index is -0.402. The fraction of sp³-hybridized carbons (Fsp3) is 0.118. The number of cyclic esters (lactones) is 1. The Kier molecular flexibility index (Phi) is 3.90. The van der Waals surface area contributed by atoms with Crippen molar-refractivity contribution in [1.29, 1.82) is 0 Å². The lowest BCUT2D eigenvalue weighted by Crippen LogP contribution is -2.31. The first-order valence-corrected chi connectivity index (χ1v) is 7.49. The van der Waals surface area contributed by atoms with Crippen LogP contribution in [0.1, 0.15) is 11.1 Å². The molecule has 0 bridgehead atoms. The van der Waals surface area contributed by atoms with Gasteiger partial charge in [0.15, 0.2) is 0 Å². The fourth-order valence-corrected chi connectivity index (χ4v) is 2.53. The van der Waals surface area contributed by atoms with Gasteiger partial charge in [0.1, 0.15) is 11.5 Å². The van der Waals surface area contributed by atoms with Gasteiger partial charge in [0.25, 0.3) is 0 Å². The maximum Gasteiger partial charge on any atom is 0.419 e. The molecule has 0 N–H and O–H groups in total. The molecule has 1 heterocycles. The molecule has 0 radical (unpaired) electrons. The number of halogens is 1. The summed E-state index contributed by atoms with van der Waals surface area (Å²) in [5.41, 5.74) is 2.56. The van der Waals surface area contributed by atoms with Crippen molar-refractivity contribution in [3.8, 4) is 5.75 Å². The van der Waals surface area contributed by atoms with Crippen LogP contribution >= 0.6 is 15.9 Å². The zero-order valence-electron chi connectivity index (χ0n) is 12.2. The Bertz CT molecular complexity index is 753. The van der Waals surface area contributed by atoms with Crippen LogP contribution in [-0.2, 0) is 4.74 Å². The molecule has 0 aliphatic carbocycles. The summed E-state index contributed by atoms with van der Waals surface area (Å²) in [5.74, 6) is 1.23. The van der Waals surface area contributed by atoms with E-state index in [1.54, 1.807) is 14.2 Å². The summed E-state index contributed by atoms with van der Waals surface area (Å²) in [6, 6.07) is 13.3. The Labute approximate surface area is 137 Å². The quantitative estimate of drug-likeness (QED) is 0.789. The normalized spacial score (nSPS) is 15.5. The maximum atomic E-state index is 12.0. The van der Waals surface area contributed by atoms with Crippen LogP contribution < -0.4 is 9.64 Å². The van der Waals surface area contributed by atoms with Crippen LogP contribution in [0, 0.1) is 0 Å². The maximum absolute atomic E-state index is 12.0. The zero-order valence-corrected chi connectivity index (χ0v) is 13.8. The number of hydrogen-bond donors (Lipinski definition) is 0. The minimum Gasteiger partial charge on any atom is -0.497 e. The van der Waals surface area contributed by atoms with Gasteiger partial charge in [-0.05, 0) is 42.0 Å². The molecule has 2 aromatic rings. The van der Waals surface area contributed by atoms with E-state index in [1.165, 1.54) is 4.90 Å². The molecule has 4 nitrogen and oxygen atoms in total. The number of methoxy groups -OCH3 is 1. The Morgan fingerprint density at radius 1 is 1.18 bits per heavy atom. The molecule has 112 valence electrons. The number of nitrogens with zero attached hydrogens (tertiary/aromatic N) is 1. The number of ether oxygens (including phenoxy) is 2. The monoisotopic (exact) mass is 359 g/mol. The van der Waals surface area contributed by atoms with Crippen LogP contribution in [-0.4, -0.2) is 20.3 Å². The second kappa shape index (κ2) is 5.85. The molecule has 0 fully saturated rings. The predicted molar refractivity (Wildman–Crippen MR) is 89.9 cm³/mol. The van der Waals surface area contributed by atoms with E-state index in [0.717, 1.165) is 21.3 Å². The Hall–Kier alpha value is -2.27. The first-order valence-electron chi connectivity index (χ1n) is 6.69. The van der Waals surface area contributed by atoms with Gasteiger partial charge in [-0.2, -0.15) is 0 Å². The van der Waals surface area contributed by atoms with E-state index in [9.17, 15) is 4.79 Å². The lowest BCUT2D eigenvalue weighted by Gasteiger charge is -2.27. The molecule has 1 aliphatic rings. The molecule has 0 unspecified atom stereocenters. The van der Waals surface area contributed by atoms with E-state index in [0.29, 0.717) is 11.5 Å². The number of fused-ring (bicyclic) bond motifs is 1. The molecule has 1 aliphatic heterocycles. The van der Waals surface area contributed by atoms with Crippen molar-refractivity contribution in [1.82, 2.24) is 0 Å². The second-order valence-corrected chi connectivity index (χ2v) is 5.79. The molecule has 22 heavy (non-hydrogen) atoms. The summed E-state index contributed by atoms with van der Waals surface area (Å²) in [5, 5.41) is 0. The Morgan fingerprint density at radius 2 is 1.91 bits per heavy atom. The average Bonchev–Trinajstić information content (AvgIpc) is 2.54. The highest BCUT2D eigenvalue weighted by atomic mass is 79.9. The first-order chi connectivity index (χ1) is 10.6. The third kappa shape index (κ3) is 2.72. The van der Waals surface area contributed by atoms with Crippen molar-refractivity contribution < 1.29 is 14.3 Å². The molecule has 0 saturated carbocycles. The van der Waals surface area contributed by atoms with Crippen LogP contribution in [0.3, 0.4) is 0 Å². The van der Waals surface area contributed by atoms with Crippen molar-refractivity contribution in [3.05, 3.63) is 58.1 Å². The van der Waals surface area contributed by atoms with E-state index < -0.39 is 6.09 Å². The summed E-state index contributed by atoms with van der Waals surface area (Å²) >= 11 is 3.40. The Morgan fingerprint density at radius 3 is 2.59 bits per heavy atom. The first kappa shape index (κ1) is 14.7. The zero-order chi connectivity index (χ0) is 15.7. The number of benzene rings is 2. The molecular formula is C17H14BrNO3. The largest absolute Gasteiger partial charge is 0.497 e. The third-order valence-corrected chi connectivity index (χ3v) is 4.00. The van der Waals surface area contributed by atoms with Gasteiger partial charge >= 0.3 is 6.09 Å². The van der Waals surface area contributed by atoms with Gasteiger partial charge in [-0.15, -0.1) is 0 Å². The molecule has 3 rings (SSSR count). The smallest absolute Gasteiger partial charge is 0.419 e. The summed E-state index contributed by atoms with van der Waals surface area (Å²) in [6.07, 6.45) is 1.44. The molecule has 0 spiro atoms. The summed E-state index contributed by atoms with van der Waals surface area (Å²) in [6.45, 7) is 0. The number of anilines is 1. The highest BCUT2D eigenvalue weighted by Gasteiger charge is 2.27. The van der Waals surface area contributed by atoms with Crippen LogP contribution in [0.15, 0.2) is 46.9 Å². The van der Waals surface area contributed by atoms with Crippen molar-refractivity contribution in [2.24, 2.45) is 0 Å². The van der Waals surface area contributed by atoms with Crippen LogP contribution in [0.2, 0.25) is 0 Å². The minimum absolute atomic E-state index is 0.402. The van der Waals surface area contributed by atoms with Crippen molar-refractivity contribution in [2.75, 3.05) is 19.1 Å². The van der Waals surface area contributed by atoms with E-state index in [-0.39, 0.29) is 0 Å². The van der Waals surface area contributed by atoms with Gasteiger partial charge < -0.3 is 9.47 Å².